The van der Waals surface area contributed by atoms with Gasteiger partial charge in [0.05, 0.1) is 4.88 Å². The summed E-state index contributed by atoms with van der Waals surface area (Å²) in [6.45, 7) is 0.755. The second-order valence-electron chi connectivity index (χ2n) is 4.70. The highest BCUT2D eigenvalue weighted by Crippen LogP contribution is 2.34. The molecule has 0 bridgehead atoms. The maximum absolute atomic E-state index is 11.2. The van der Waals surface area contributed by atoms with Crippen molar-refractivity contribution in [3.05, 3.63) is 35.5 Å². The van der Waals surface area contributed by atoms with Gasteiger partial charge in [0.25, 0.3) is 0 Å². The summed E-state index contributed by atoms with van der Waals surface area (Å²) in [7, 11) is 0. The fourth-order valence-corrected chi connectivity index (χ4v) is 3.52. The maximum Gasteiger partial charge on any atom is 0.326 e. The van der Waals surface area contributed by atoms with Crippen LogP contribution < -0.4 is 4.90 Å². The number of halogens is 1. The summed E-state index contributed by atoms with van der Waals surface area (Å²) in [6.07, 6.45) is 3.37. The Morgan fingerprint density at radius 1 is 1.40 bits per heavy atom. The molecule has 0 saturated carbocycles. The van der Waals surface area contributed by atoms with Crippen molar-refractivity contribution in [1.29, 1.82) is 0 Å². The number of benzene rings is 1. The van der Waals surface area contributed by atoms with Gasteiger partial charge in [0, 0.05) is 17.8 Å². The summed E-state index contributed by atoms with van der Waals surface area (Å²) in [4.78, 5) is 18.5. The lowest BCUT2D eigenvalue weighted by molar-refractivity contribution is -0.138. The van der Waals surface area contributed by atoms with E-state index < -0.39 is 12.0 Å². The van der Waals surface area contributed by atoms with Crippen LogP contribution in [0, 0.1) is 0 Å². The second kappa shape index (κ2) is 5.42. The Kier molecular flexibility index (Phi) is 3.63. The molecule has 2 heterocycles. The van der Waals surface area contributed by atoms with Crippen LogP contribution in [0.5, 0.6) is 0 Å². The number of carboxylic acid groups (broad SMARTS) is 1. The molecule has 1 aliphatic rings. The Balaban J connectivity index is 1.86. The molecule has 1 fully saturated rings. The third-order valence-corrected chi connectivity index (χ3v) is 4.74. The molecule has 3 rings (SSSR count). The summed E-state index contributed by atoms with van der Waals surface area (Å²) >= 11 is 7.39. The molecule has 0 spiro atoms. The van der Waals surface area contributed by atoms with Gasteiger partial charge < -0.3 is 10.0 Å². The molecule has 1 aliphatic heterocycles. The van der Waals surface area contributed by atoms with Crippen LogP contribution in [0.3, 0.4) is 0 Å². The Morgan fingerprint density at radius 3 is 2.85 bits per heavy atom. The molecule has 6 heteroatoms. The highest BCUT2D eigenvalue weighted by atomic mass is 35.5. The Hall–Kier alpha value is -1.59. The molecule has 0 aliphatic carbocycles. The van der Waals surface area contributed by atoms with E-state index in [1.165, 1.54) is 11.3 Å². The zero-order valence-electron chi connectivity index (χ0n) is 10.6. The van der Waals surface area contributed by atoms with Crippen molar-refractivity contribution in [2.45, 2.75) is 18.9 Å². The van der Waals surface area contributed by atoms with Gasteiger partial charge in [-0.25, -0.2) is 9.78 Å². The zero-order chi connectivity index (χ0) is 14.1. The van der Waals surface area contributed by atoms with Gasteiger partial charge in [-0.15, -0.1) is 0 Å². The number of carboxylic acids is 1. The van der Waals surface area contributed by atoms with Gasteiger partial charge in [-0.3, -0.25) is 0 Å². The molecular weight excluding hydrogens is 296 g/mol. The van der Waals surface area contributed by atoms with Crippen LogP contribution in [0.4, 0.5) is 5.13 Å². The molecule has 1 unspecified atom stereocenters. The second-order valence-corrected chi connectivity index (χ2v) is 6.15. The topological polar surface area (TPSA) is 53.4 Å². The quantitative estimate of drug-likeness (QED) is 0.942. The van der Waals surface area contributed by atoms with Gasteiger partial charge in [0.15, 0.2) is 5.13 Å². The average molecular weight is 309 g/mol. The van der Waals surface area contributed by atoms with Crippen molar-refractivity contribution in [2.75, 3.05) is 11.4 Å². The minimum Gasteiger partial charge on any atom is -0.480 e. The summed E-state index contributed by atoms with van der Waals surface area (Å²) in [6, 6.07) is 7.12. The molecule has 1 saturated heterocycles. The average Bonchev–Trinajstić information content (AvgIpc) is 3.08. The molecule has 0 amide bonds. The van der Waals surface area contributed by atoms with E-state index in [0.717, 1.165) is 28.5 Å². The van der Waals surface area contributed by atoms with Gasteiger partial charge >= 0.3 is 5.97 Å². The first kappa shape index (κ1) is 13.4. The zero-order valence-corrected chi connectivity index (χ0v) is 12.2. The molecule has 2 aromatic rings. The smallest absolute Gasteiger partial charge is 0.326 e. The van der Waals surface area contributed by atoms with Gasteiger partial charge in [-0.2, -0.15) is 0 Å². The van der Waals surface area contributed by atoms with E-state index in [-0.39, 0.29) is 0 Å². The fraction of sp³-hybridized carbons (Fsp3) is 0.286. The Bertz CT molecular complexity index is 626. The number of rotatable bonds is 3. The maximum atomic E-state index is 11.2. The van der Waals surface area contributed by atoms with Crippen molar-refractivity contribution >= 4 is 34.0 Å². The van der Waals surface area contributed by atoms with Crippen molar-refractivity contribution in [1.82, 2.24) is 4.98 Å². The number of thiazole rings is 1. The summed E-state index contributed by atoms with van der Waals surface area (Å²) in [5.41, 5.74) is 1.05. The number of carbonyl (C=O) groups is 1. The normalized spacial score (nSPS) is 18.4. The molecule has 4 nitrogen and oxygen atoms in total. The highest BCUT2D eigenvalue weighted by molar-refractivity contribution is 7.18. The predicted molar refractivity (Wildman–Crippen MR) is 80.6 cm³/mol. The lowest BCUT2D eigenvalue weighted by atomic mass is 10.2. The number of hydrogen-bond acceptors (Lipinski definition) is 4. The number of nitrogens with zero attached hydrogens (tertiary/aromatic N) is 2. The van der Waals surface area contributed by atoms with Crippen LogP contribution in [0.1, 0.15) is 12.8 Å². The van der Waals surface area contributed by atoms with Crippen LogP contribution in [0.25, 0.3) is 10.4 Å². The summed E-state index contributed by atoms with van der Waals surface area (Å²) in [5, 5.41) is 10.7. The molecule has 104 valence electrons. The summed E-state index contributed by atoms with van der Waals surface area (Å²) < 4.78 is 0. The molecule has 0 radical (unpaired) electrons. The number of aromatic nitrogens is 1. The number of aliphatic carboxylic acids is 1. The predicted octanol–water partition coefficient (Wildman–Crippen LogP) is 3.52. The SMILES string of the molecule is O=C(O)C1CCCN1c1ncc(-c2ccc(Cl)cc2)s1. The minimum absolute atomic E-state index is 0.445. The van der Waals surface area contributed by atoms with Crippen LogP contribution in [0.15, 0.2) is 30.5 Å². The van der Waals surface area contributed by atoms with Crippen molar-refractivity contribution < 1.29 is 9.90 Å². The largest absolute Gasteiger partial charge is 0.480 e. The standard InChI is InChI=1S/C14H13ClN2O2S/c15-10-5-3-9(4-6-10)12-8-16-14(20-12)17-7-1-2-11(17)13(18)19/h3-6,8,11H,1-2,7H2,(H,18,19). The van der Waals surface area contributed by atoms with E-state index in [9.17, 15) is 9.90 Å². The lowest BCUT2D eigenvalue weighted by Crippen LogP contribution is -2.35. The van der Waals surface area contributed by atoms with Gasteiger partial charge in [-0.05, 0) is 30.5 Å². The Morgan fingerprint density at radius 2 is 2.15 bits per heavy atom. The van der Waals surface area contributed by atoms with Crippen molar-refractivity contribution in [3.63, 3.8) is 0 Å². The molecule has 1 aromatic carbocycles. The molecule has 1 atom stereocenters. The first-order chi connectivity index (χ1) is 9.65. The van der Waals surface area contributed by atoms with Gasteiger partial charge in [-0.1, -0.05) is 35.1 Å². The minimum atomic E-state index is -0.772. The highest BCUT2D eigenvalue weighted by Gasteiger charge is 2.32. The van der Waals surface area contributed by atoms with Crippen molar-refractivity contribution in [2.24, 2.45) is 0 Å². The van der Waals surface area contributed by atoms with Gasteiger partial charge in [0.2, 0.25) is 0 Å². The lowest BCUT2D eigenvalue weighted by Gasteiger charge is -2.19. The van der Waals surface area contributed by atoms with E-state index in [0.29, 0.717) is 11.4 Å². The van der Waals surface area contributed by atoms with Crippen molar-refractivity contribution in [3.8, 4) is 10.4 Å². The van der Waals surface area contributed by atoms with Gasteiger partial charge in [0.1, 0.15) is 6.04 Å². The molecular formula is C14H13ClN2O2S. The van der Waals surface area contributed by atoms with E-state index in [1.807, 2.05) is 29.2 Å². The van der Waals surface area contributed by atoms with E-state index in [1.54, 1.807) is 6.20 Å². The van der Waals surface area contributed by atoms with Crippen LogP contribution in [-0.2, 0) is 4.79 Å². The monoisotopic (exact) mass is 308 g/mol. The van der Waals surface area contributed by atoms with E-state index >= 15 is 0 Å². The Labute approximate surface area is 125 Å². The fourth-order valence-electron chi connectivity index (χ4n) is 2.40. The van der Waals surface area contributed by atoms with Crippen LogP contribution in [0.2, 0.25) is 5.02 Å². The third-order valence-electron chi connectivity index (χ3n) is 3.41. The number of anilines is 1. The molecule has 1 aromatic heterocycles. The van der Waals surface area contributed by atoms with E-state index in [4.69, 9.17) is 11.6 Å². The first-order valence-corrected chi connectivity index (χ1v) is 7.56. The van der Waals surface area contributed by atoms with Crippen LogP contribution in [-0.4, -0.2) is 28.6 Å². The third kappa shape index (κ3) is 2.51. The molecule has 20 heavy (non-hydrogen) atoms. The van der Waals surface area contributed by atoms with E-state index in [2.05, 4.69) is 4.98 Å². The van der Waals surface area contributed by atoms with Crippen LogP contribution >= 0.6 is 22.9 Å². The summed E-state index contributed by atoms with van der Waals surface area (Å²) in [5.74, 6) is -0.772. The number of hydrogen-bond donors (Lipinski definition) is 1. The molecule has 1 N–H and O–H groups in total. The first-order valence-electron chi connectivity index (χ1n) is 6.36.